The van der Waals surface area contributed by atoms with Crippen molar-refractivity contribution in [1.29, 1.82) is 0 Å². The number of carbonyl (C=O) groups is 2. The number of aryl methyl sites for hydroxylation is 1. The number of likely N-dealkylation sites (N-methyl/N-ethyl adjacent to an activating group) is 1. The third-order valence-electron chi connectivity index (χ3n) is 3.71. The minimum absolute atomic E-state index is 0.0195. The van der Waals surface area contributed by atoms with E-state index in [0.29, 0.717) is 26.1 Å². The van der Waals surface area contributed by atoms with Crippen LogP contribution in [-0.4, -0.2) is 66.9 Å². The second-order valence-electron chi connectivity index (χ2n) is 5.97. The molecule has 1 aromatic rings. The van der Waals surface area contributed by atoms with Crippen LogP contribution in [0.5, 0.6) is 0 Å². The van der Waals surface area contributed by atoms with Crippen LogP contribution < -0.4 is 5.32 Å². The third-order valence-corrected chi connectivity index (χ3v) is 4.73. The standard InChI is InChI=1S/C15H24N4O2S/c1-11-10-22-13(17-11)4-5-16-15(21)12-8-14(20)19(9-12)7-6-18(2)3/h10,12H,4-9H2,1-3H3,(H,16,21). The van der Waals surface area contributed by atoms with Gasteiger partial charge in [-0.15, -0.1) is 11.3 Å². The van der Waals surface area contributed by atoms with Gasteiger partial charge in [-0.2, -0.15) is 0 Å². The minimum Gasteiger partial charge on any atom is -0.355 e. The van der Waals surface area contributed by atoms with Gasteiger partial charge in [0.15, 0.2) is 0 Å². The van der Waals surface area contributed by atoms with Crippen molar-refractivity contribution >= 4 is 23.2 Å². The van der Waals surface area contributed by atoms with Gasteiger partial charge in [-0.25, -0.2) is 4.98 Å². The summed E-state index contributed by atoms with van der Waals surface area (Å²) in [5.41, 5.74) is 1.02. The van der Waals surface area contributed by atoms with Crippen molar-refractivity contribution < 1.29 is 9.59 Å². The molecule has 122 valence electrons. The summed E-state index contributed by atoms with van der Waals surface area (Å²) in [6, 6.07) is 0. The monoisotopic (exact) mass is 324 g/mol. The topological polar surface area (TPSA) is 65.5 Å². The molecule has 2 heterocycles. The molecule has 1 atom stereocenters. The van der Waals surface area contributed by atoms with Crippen molar-refractivity contribution in [1.82, 2.24) is 20.1 Å². The van der Waals surface area contributed by atoms with Gasteiger partial charge in [-0.3, -0.25) is 9.59 Å². The molecule has 7 heteroatoms. The van der Waals surface area contributed by atoms with E-state index in [9.17, 15) is 9.59 Å². The minimum atomic E-state index is -0.215. The third kappa shape index (κ3) is 4.78. The molecule has 0 aliphatic carbocycles. The molecule has 1 aromatic heterocycles. The number of carbonyl (C=O) groups excluding carboxylic acids is 2. The Morgan fingerprint density at radius 1 is 1.55 bits per heavy atom. The maximum absolute atomic E-state index is 12.2. The van der Waals surface area contributed by atoms with Crippen LogP contribution >= 0.6 is 11.3 Å². The summed E-state index contributed by atoms with van der Waals surface area (Å²) in [4.78, 5) is 32.3. The van der Waals surface area contributed by atoms with E-state index in [1.165, 1.54) is 0 Å². The van der Waals surface area contributed by atoms with E-state index in [1.54, 1.807) is 16.2 Å². The second kappa shape index (κ2) is 7.69. The van der Waals surface area contributed by atoms with Gasteiger partial charge in [0.25, 0.3) is 0 Å². The SMILES string of the molecule is Cc1csc(CCNC(=O)C2CC(=O)N(CCN(C)C)C2)n1. The van der Waals surface area contributed by atoms with Crippen molar-refractivity contribution in [2.45, 2.75) is 19.8 Å². The van der Waals surface area contributed by atoms with Crippen molar-refractivity contribution in [2.75, 3.05) is 40.3 Å². The van der Waals surface area contributed by atoms with E-state index in [4.69, 9.17) is 0 Å². The van der Waals surface area contributed by atoms with Crippen molar-refractivity contribution in [3.63, 3.8) is 0 Å². The molecule has 1 saturated heterocycles. The number of thiazole rings is 1. The zero-order valence-corrected chi connectivity index (χ0v) is 14.3. The lowest BCUT2D eigenvalue weighted by molar-refractivity contribution is -0.129. The normalized spacial score (nSPS) is 18.3. The largest absolute Gasteiger partial charge is 0.355 e. The summed E-state index contributed by atoms with van der Waals surface area (Å²) in [7, 11) is 3.95. The lowest BCUT2D eigenvalue weighted by atomic mass is 10.1. The summed E-state index contributed by atoms with van der Waals surface area (Å²) >= 11 is 1.61. The number of likely N-dealkylation sites (tertiary alicyclic amines) is 1. The second-order valence-corrected chi connectivity index (χ2v) is 6.91. The number of nitrogens with zero attached hydrogens (tertiary/aromatic N) is 3. The number of nitrogens with one attached hydrogen (secondary N) is 1. The summed E-state index contributed by atoms with van der Waals surface area (Å²) in [6.45, 7) is 4.59. The first-order valence-electron chi connectivity index (χ1n) is 7.57. The molecule has 22 heavy (non-hydrogen) atoms. The van der Waals surface area contributed by atoms with Gasteiger partial charge in [-0.1, -0.05) is 0 Å². The highest BCUT2D eigenvalue weighted by Crippen LogP contribution is 2.17. The molecule has 1 fully saturated rings. The summed E-state index contributed by atoms with van der Waals surface area (Å²) in [5, 5.41) is 5.97. The fourth-order valence-corrected chi connectivity index (χ4v) is 3.21. The number of hydrogen-bond acceptors (Lipinski definition) is 5. The van der Waals surface area contributed by atoms with Crippen LogP contribution in [0.25, 0.3) is 0 Å². The van der Waals surface area contributed by atoms with Crippen LogP contribution in [0.4, 0.5) is 0 Å². The van der Waals surface area contributed by atoms with Gasteiger partial charge >= 0.3 is 0 Å². The molecule has 0 aromatic carbocycles. The molecule has 0 bridgehead atoms. The Balaban J connectivity index is 1.72. The summed E-state index contributed by atoms with van der Waals surface area (Å²) < 4.78 is 0. The molecule has 1 aliphatic rings. The van der Waals surface area contributed by atoms with Crippen molar-refractivity contribution in [3.05, 3.63) is 16.1 Å². The van der Waals surface area contributed by atoms with E-state index in [2.05, 4.69) is 10.3 Å². The van der Waals surface area contributed by atoms with Crippen molar-refractivity contribution in [3.8, 4) is 0 Å². The predicted octanol–water partition coefficient (Wildman–Crippen LogP) is 0.520. The van der Waals surface area contributed by atoms with Crippen LogP contribution in [0, 0.1) is 12.8 Å². The highest BCUT2D eigenvalue weighted by atomic mass is 32.1. The molecule has 0 radical (unpaired) electrons. The lowest BCUT2D eigenvalue weighted by Gasteiger charge is -2.19. The zero-order chi connectivity index (χ0) is 16.1. The highest BCUT2D eigenvalue weighted by Gasteiger charge is 2.33. The first-order chi connectivity index (χ1) is 10.5. The van der Waals surface area contributed by atoms with Gasteiger partial charge < -0.3 is 15.1 Å². The zero-order valence-electron chi connectivity index (χ0n) is 13.5. The van der Waals surface area contributed by atoms with Gasteiger partial charge in [0.1, 0.15) is 0 Å². The summed E-state index contributed by atoms with van der Waals surface area (Å²) in [6.07, 6.45) is 1.07. The fourth-order valence-electron chi connectivity index (χ4n) is 2.44. The molecular weight excluding hydrogens is 300 g/mol. The van der Waals surface area contributed by atoms with Gasteiger partial charge in [0, 0.05) is 50.1 Å². The molecular formula is C15H24N4O2S. The Morgan fingerprint density at radius 3 is 2.95 bits per heavy atom. The van der Waals surface area contributed by atoms with Crippen LogP contribution in [0.2, 0.25) is 0 Å². The van der Waals surface area contributed by atoms with E-state index in [1.807, 2.05) is 31.3 Å². The average molecular weight is 324 g/mol. The quantitative estimate of drug-likeness (QED) is 0.794. The first-order valence-corrected chi connectivity index (χ1v) is 8.45. The average Bonchev–Trinajstić information content (AvgIpc) is 3.03. The van der Waals surface area contributed by atoms with E-state index >= 15 is 0 Å². The fraction of sp³-hybridized carbons (Fsp3) is 0.667. The van der Waals surface area contributed by atoms with Gasteiger partial charge in [0.2, 0.25) is 11.8 Å². The Labute approximate surface area is 135 Å². The molecule has 1 N–H and O–H groups in total. The van der Waals surface area contributed by atoms with Crippen molar-refractivity contribution in [2.24, 2.45) is 5.92 Å². The maximum atomic E-state index is 12.2. The van der Waals surface area contributed by atoms with Gasteiger partial charge in [-0.05, 0) is 21.0 Å². The Morgan fingerprint density at radius 2 is 2.32 bits per heavy atom. The molecule has 0 spiro atoms. The smallest absolute Gasteiger partial charge is 0.225 e. The first kappa shape index (κ1) is 16.9. The molecule has 2 amide bonds. The summed E-state index contributed by atoms with van der Waals surface area (Å²) in [5.74, 6) is -0.153. The van der Waals surface area contributed by atoms with Crippen LogP contribution in [-0.2, 0) is 16.0 Å². The van der Waals surface area contributed by atoms with Crippen LogP contribution in [0.1, 0.15) is 17.1 Å². The highest BCUT2D eigenvalue weighted by molar-refractivity contribution is 7.09. The van der Waals surface area contributed by atoms with Crippen LogP contribution in [0.3, 0.4) is 0 Å². The lowest BCUT2D eigenvalue weighted by Crippen LogP contribution is -2.36. The molecule has 2 rings (SSSR count). The van der Waals surface area contributed by atoms with Gasteiger partial charge in [0.05, 0.1) is 10.9 Å². The molecule has 6 nitrogen and oxygen atoms in total. The number of rotatable bonds is 7. The number of amides is 2. The van der Waals surface area contributed by atoms with E-state index in [-0.39, 0.29) is 17.7 Å². The Bertz CT molecular complexity index is 529. The molecule has 1 unspecified atom stereocenters. The van der Waals surface area contributed by atoms with E-state index < -0.39 is 0 Å². The Kier molecular flexibility index (Phi) is 5.90. The predicted molar refractivity (Wildman–Crippen MR) is 86.8 cm³/mol. The molecule has 1 aliphatic heterocycles. The van der Waals surface area contributed by atoms with Crippen LogP contribution in [0.15, 0.2) is 5.38 Å². The number of hydrogen-bond donors (Lipinski definition) is 1. The Hall–Kier alpha value is -1.47. The maximum Gasteiger partial charge on any atom is 0.225 e. The number of aromatic nitrogens is 1. The van der Waals surface area contributed by atoms with E-state index in [0.717, 1.165) is 23.7 Å². The molecule has 0 saturated carbocycles.